The van der Waals surface area contributed by atoms with Crippen molar-refractivity contribution in [3.8, 4) is 5.75 Å². The number of hydrogen-bond donors (Lipinski definition) is 2. The maximum absolute atomic E-state index is 12.2. The molecule has 0 aliphatic heterocycles. The van der Waals surface area contributed by atoms with Gasteiger partial charge in [0.2, 0.25) is 5.91 Å². The number of aromatic nitrogens is 1. The van der Waals surface area contributed by atoms with Crippen molar-refractivity contribution in [2.75, 3.05) is 20.3 Å². The van der Waals surface area contributed by atoms with Gasteiger partial charge in [0.05, 0.1) is 31.3 Å². The Bertz CT molecular complexity index is 854. The van der Waals surface area contributed by atoms with Crippen molar-refractivity contribution >= 4 is 17.7 Å². The van der Waals surface area contributed by atoms with Crippen molar-refractivity contribution in [3.05, 3.63) is 52.3 Å². The maximum atomic E-state index is 12.2. The summed E-state index contributed by atoms with van der Waals surface area (Å²) >= 11 is 0. The highest BCUT2D eigenvalue weighted by Gasteiger charge is 2.24. The molecule has 0 aliphatic rings. The Morgan fingerprint density at radius 2 is 1.85 bits per heavy atom. The molecule has 0 unspecified atom stereocenters. The first-order valence-electron chi connectivity index (χ1n) is 8.61. The monoisotopic (exact) mass is 372 g/mol. The number of rotatable bonds is 8. The third-order valence-electron chi connectivity index (χ3n) is 4.18. The summed E-state index contributed by atoms with van der Waals surface area (Å²) in [5.41, 5.74) is 2.40. The number of methoxy groups -OCH3 is 1. The molecule has 2 N–H and O–H groups in total. The van der Waals surface area contributed by atoms with Crippen LogP contribution in [0.1, 0.15) is 44.6 Å². The highest BCUT2D eigenvalue weighted by molar-refractivity contribution is 6.01. The zero-order valence-electron chi connectivity index (χ0n) is 16.0. The van der Waals surface area contributed by atoms with Gasteiger partial charge in [-0.05, 0) is 31.0 Å². The fourth-order valence-electron chi connectivity index (χ4n) is 2.81. The molecule has 7 nitrogen and oxygen atoms in total. The van der Waals surface area contributed by atoms with E-state index in [0.29, 0.717) is 30.1 Å². The van der Waals surface area contributed by atoms with Gasteiger partial charge in [0.25, 0.3) is 0 Å². The Labute approximate surface area is 158 Å². The van der Waals surface area contributed by atoms with E-state index in [9.17, 15) is 14.4 Å². The molecule has 0 saturated carbocycles. The van der Waals surface area contributed by atoms with Crippen LogP contribution in [0.3, 0.4) is 0 Å². The highest BCUT2D eigenvalue weighted by atomic mass is 16.5. The van der Waals surface area contributed by atoms with E-state index < -0.39 is 5.97 Å². The van der Waals surface area contributed by atoms with Crippen LogP contribution >= 0.6 is 0 Å². The smallest absolute Gasteiger partial charge is 0.339 e. The van der Waals surface area contributed by atoms with E-state index in [2.05, 4.69) is 10.3 Å². The molecule has 1 aromatic heterocycles. The molecule has 1 amide bonds. The fraction of sp³-hybridized carbons (Fsp3) is 0.350. The predicted molar refractivity (Wildman–Crippen MR) is 100 cm³/mol. The normalized spacial score (nSPS) is 10.4. The number of ether oxygens (including phenoxy) is 2. The number of Topliss-reactive ketones (excluding diaryl/α,β-unsaturated/α-hetero) is 1. The first-order chi connectivity index (χ1) is 12.8. The van der Waals surface area contributed by atoms with E-state index in [1.165, 1.54) is 14.0 Å². The molecule has 0 spiro atoms. The van der Waals surface area contributed by atoms with Gasteiger partial charge in [0, 0.05) is 12.6 Å². The lowest BCUT2D eigenvalue weighted by Crippen LogP contribution is -2.30. The standard InChI is InChI=1S/C20H24N2O5/c1-12-7-5-6-8-16(12)27-10-9-21-17(24)11-15-18(20(25)26-4)13(2)19(22-15)14(3)23/h5-8,22H,9-11H2,1-4H3,(H,21,24). The number of nitrogens with one attached hydrogen (secondary N) is 2. The molecule has 27 heavy (non-hydrogen) atoms. The molecule has 0 bridgehead atoms. The van der Waals surface area contributed by atoms with Crippen molar-refractivity contribution in [2.45, 2.75) is 27.2 Å². The van der Waals surface area contributed by atoms with Gasteiger partial charge in [-0.15, -0.1) is 0 Å². The van der Waals surface area contributed by atoms with Crippen molar-refractivity contribution in [2.24, 2.45) is 0 Å². The van der Waals surface area contributed by atoms with Gasteiger partial charge >= 0.3 is 5.97 Å². The average Bonchev–Trinajstić information content (AvgIpc) is 2.95. The Balaban J connectivity index is 1.97. The van der Waals surface area contributed by atoms with Crippen molar-refractivity contribution in [1.29, 1.82) is 0 Å². The molecular weight excluding hydrogens is 348 g/mol. The highest BCUT2D eigenvalue weighted by Crippen LogP contribution is 2.20. The maximum Gasteiger partial charge on any atom is 0.339 e. The number of carbonyl (C=O) groups excluding carboxylic acids is 3. The number of benzene rings is 1. The molecule has 0 aliphatic carbocycles. The molecule has 1 heterocycles. The van der Waals surface area contributed by atoms with Crippen LogP contribution in [0.4, 0.5) is 0 Å². The Kier molecular flexibility index (Phi) is 6.76. The zero-order valence-corrected chi connectivity index (χ0v) is 16.0. The first-order valence-corrected chi connectivity index (χ1v) is 8.61. The van der Waals surface area contributed by atoms with Crippen LogP contribution in [0.15, 0.2) is 24.3 Å². The summed E-state index contributed by atoms with van der Waals surface area (Å²) in [7, 11) is 1.26. The van der Waals surface area contributed by atoms with E-state index in [-0.39, 0.29) is 23.7 Å². The summed E-state index contributed by atoms with van der Waals surface area (Å²) < 4.78 is 10.4. The molecule has 1 aromatic carbocycles. The lowest BCUT2D eigenvalue weighted by atomic mass is 10.1. The van der Waals surface area contributed by atoms with Crippen LogP contribution in [-0.4, -0.2) is 42.9 Å². The number of amides is 1. The van der Waals surface area contributed by atoms with Crippen LogP contribution in [0.5, 0.6) is 5.75 Å². The number of esters is 1. The second kappa shape index (κ2) is 9.02. The third kappa shape index (κ3) is 4.97. The Morgan fingerprint density at radius 1 is 1.15 bits per heavy atom. The minimum atomic E-state index is -0.582. The van der Waals surface area contributed by atoms with E-state index in [1.54, 1.807) is 6.92 Å². The molecule has 144 valence electrons. The number of H-pyrrole nitrogens is 1. The summed E-state index contributed by atoms with van der Waals surface area (Å²) in [5.74, 6) is -0.311. The average molecular weight is 372 g/mol. The Morgan fingerprint density at radius 3 is 2.48 bits per heavy atom. The fourth-order valence-corrected chi connectivity index (χ4v) is 2.81. The second-order valence-electron chi connectivity index (χ2n) is 6.17. The molecule has 7 heteroatoms. The molecule has 0 atom stereocenters. The number of aromatic amines is 1. The van der Waals surface area contributed by atoms with Gasteiger partial charge in [-0.2, -0.15) is 0 Å². The van der Waals surface area contributed by atoms with Crippen molar-refractivity contribution in [3.63, 3.8) is 0 Å². The molecule has 2 rings (SSSR count). The zero-order chi connectivity index (χ0) is 20.0. The van der Waals surface area contributed by atoms with Gasteiger partial charge < -0.3 is 19.8 Å². The van der Waals surface area contributed by atoms with E-state index >= 15 is 0 Å². The summed E-state index contributed by atoms with van der Waals surface area (Å²) in [5, 5.41) is 2.74. The topological polar surface area (TPSA) is 97.5 Å². The summed E-state index contributed by atoms with van der Waals surface area (Å²) in [6.45, 7) is 5.63. The van der Waals surface area contributed by atoms with Crippen LogP contribution < -0.4 is 10.1 Å². The third-order valence-corrected chi connectivity index (χ3v) is 4.18. The summed E-state index contributed by atoms with van der Waals surface area (Å²) in [6.07, 6.45) is -0.0665. The van der Waals surface area contributed by atoms with Gasteiger partial charge in [0.15, 0.2) is 5.78 Å². The quantitative estimate of drug-likeness (QED) is 0.421. The van der Waals surface area contributed by atoms with Crippen LogP contribution in [0.2, 0.25) is 0 Å². The van der Waals surface area contributed by atoms with E-state index in [4.69, 9.17) is 9.47 Å². The lowest BCUT2D eigenvalue weighted by Gasteiger charge is -2.10. The number of aryl methyl sites for hydroxylation is 1. The molecule has 0 saturated heterocycles. The second-order valence-corrected chi connectivity index (χ2v) is 6.17. The summed E-state index contributed by atoms with van der Waals surface area (Å²) in [6, 6.07) is 7.62. The predicted octanol–water partition coefficient (Wildman–Crippen LogP) is 2.36. The Hall–Kier alpha value is -3.09. The van der Waals surface area contributed by atoms with E-state index in [0.717, 1.165) is 11.3 Å². The number of hydrogen-bond acceptors (Lipinski definition) is 5. The molecule has 2 aromatic rings. The van der Waals surface area contributed by atoms with Crippen molar-refractivity contribution in [1.82, 2.24) is 10.3 Å². The minimum absolute atomic E-state index is 0.0665. The van der Waals surface area contributed by atoms with Crippen LogP contribution in [-0.2, 0) is 16.0 Å². The minimum Gasteiger partial charge on any atom is -0.491 e. The largest absolute Gasteiger partial charge is 0.491 e. The van der Waals surface area contributed by atoms with Crippen LogP contribution in [0.25, 0.3) is 0 Å². The molecule has 0 radical (unpaired) electrons. The summed E-state index contributed by atoms with van der Waals surface area (Å²) in [4.78, 5) is 38.8. The van der Waals surface area contributed by atoms with E-state index in [1.807, 2.05) is 31.2 Å². The number of para-hydroxylation sites is 1. The molecule has 0 fully saturated rings. The van der Waals surface area contributed by atoms with Gasteiger partial charge in [-0.1, -0.05) is 18.2 Å². The number of carbonyl (C=O) groups is 3. The lowest BCUT2D eigenvalue weighted by molar-refractivity contribution is -0.120. The van der Waals surface area contributed by atoms with Gasteiger partial charge in [-0.3, -0.25) is 9.59 Å². The SMILES string of the molecule is COC(=O)c1c(CC(=O)NCCOc2ccccc2C)[nH]c(C(C)=O)c1C. The first kappa shape index (κ1) is 20.2. The number of ketones is 1. The van der Waals surface area contributed by atoms with Crippen molar-refractivity contribution < 1.29 is 23.9 Å². The van der Waals surface area contributed by atoms with Gasteiger partial charge in [-0.25, -0.2) is 4.79 Å². The molecular formula is C20H24N2O5. The van der Waals surface area contributed by atoms with Gasteiger partial charge in [0.1, 0.15) is 12.4 Å². The van der Waals surface area contributed by atoms with Crippen LogP contribution in [0, 0.1) is 13.8 Å².